The topological polar surface area (TPSA) is 111 Å². The summed E-state index contributed by atoms with van der Waals surface area (Å²) in [5, 5.41) is 2.58. The van der Waals surface area contributed by atoms with Crippen molar-refractivity contribution in [1.82, 2.24) is 10.0 Å². The molecule has 0 spiro atoms. The average molecular weight is 344 g/mol. The highest BCUT2D eigenvalue weighted by molar-refractivity contribution is 7.89. The van der Waals surface area contributed by atoms with Crippen LogP contribution in [0.15, 0.2) is 24.3 Å². The van der Waals surface area contributed by atoms with E-state index in [4.69, 9.17) is 4.74 Å². The number of carbonyl (C=O) groups excluding carboxylic acids is 2. The van der Waals surface area contributed by atoms with Gasteiger partial charge in [-0.15, -0.1) is 0 Å². The molecule has 0 bridgehead atoms. The van der Waals surface area contributed by atoms with Gasteiger partial charge < -0.3 is 14.8 Å². The Labute approximate surface area is 135 Å². The first-order valence-electron chi connectivity index (χ1n) is 7.08. The summed E-state index contributed by atoms with van der Waals surface area (Å²) in [6.07, 6.45) is -0.812. The number of ether oxygens (including phenoxy) is 2. The monoisotopic (exact) mass is 344 g/mol. The van der Waals surface area contributed by atoms with Crippen LogP contribution in [-0.4, -0.2) is 45.9 Å². The largest absolute Gasteiger partial charge is 0.513 e. The van der Waals surface area contributed by atoms with Crippen molar-refractivity contribution in [3.8, 4) is 5.75 Å². The van der Waals surface area contributed by atoms with Gasteiger partial charge in [0.1, 0.15) is 5.75 Å². The summed E-state index contributed by atoms with van der Waals surface area (Å²) in [4.78, 5) is 23.0. The fourth-order valence-electron chi connectivity index (χ4n) is 1.50. The van der Waals surface area contributed by atoms with Crippen molar-refractivity contribution >= 4 is 22.1 Å². The van der Waals surface area contributed by atoms with Crippen LogP contribution in [-0.2, 0) is 14.8 Å². The number of amides is 1. The lowest BCUT2D eigenvalue weighted by Crippen LogP contribution is -2.35. The van der Waals surface area contributed by atoms with E-state index in [1.807, 2.05) is 0 Å². The highest BCUT2D eigenvalue weighted by Gasteiger charge is 2.09. The Hall–Kier alpha value is -2.13. The van der Waals surface area contributed by atoms with Gasteiger partial charge in [0.05, 0.1) is 12.4 Å². The lowest BCUT2D eigenvalue weighted by atomic mass is 10.2. The quantitative estimate of drug-likeness (QED) is 0.412. The number of carbonyl (C=O) groups is 2. The summed E-state index contributed by atoms with van der Waals surface area (Å²) in [6.45, 7) is 3.68. The Balaban J connectivity index is 2.44. The van der Waals surface area contributed by atoms with Gasteiger partial charge in [0.25, 0.3) is 5.91 Å². The number of rotatable bonds is 8. The molecule has 0 aliphatic carbocycles. The van der Waals surface area contributed by atoms with Crippen LogP contribution in [0.2, 0.25) is 0 Å². The molecule has 0 atom stereocenters. The molecule has 1 rings (SSSR count). The molecule has 9 heteroatoms. The minimum Gasteiger partial charge on any atom is -0.434 e. The predicted molar refractivity (Wildman–Crippen MR) is 83.9 cm³/mol. The summed E-state index contributed by atoms with van der Waals surface area (Å²) in [6, 6.07) is 5.90. The molecule has 1 aromatic rings. The summed E-state index contributed by atoms with van der Waals surface area (Å²) in [5.41, 5.74) is 0.361. The zero-order valence-electron chi connectivity index (χ0n) is 13.0. The van der Waals surface area contributed by atoms with Crippen molar-refractivity contribution in [2.24, 2.45) is 0 Å². The highest BCUT2D eigenvalue weighted by Crippen LogP contribution is 2.12. The maximum Gasteiger partial charge on any atom is 0.513 e. The molecule has 0 saturated heterocycles. The molecule has 1 aromatic carbocycles. The first-order valence-corrected chi connectivity index (χ1v) is 8.73. The molecule has 0 radical (unpaired) electrons. The smallest absolute Gasteiger partial charge is 0.434 e. The van der Waals surface area contributed by atoms with Crippen LogP contribution in [0, 0.1) is 0 Å². The molecule has 0 unspecified atom stereocenters. The normalized spacial score (nSPS) is 10.9. The maximum absolute atomic E-state index is 11.9. The molecular weight excluding hydrogens is 324 g/mol. The third kappa shape index (κ3) is 7.11. The predicted octanol–water partition coefficient (Wildman–Crippen LogP) is 0.891. The zero-order valence-corrected chi connectivity index (χ0v) is 13.8. The van der Waals surface area contributed by atoms with E-state index in [2.05, 4.69) is 14.8 Å². The molecule has 128 valence electrons. The van der Waals surface area contributed by atoms with E-state index in [1.165, 1.54) is 31.2 Å². The molecule has 8 nitrogen and oxygen atoms in total. The molecule has 23 heavy (non-hydrogen) atoms. The van der Waals surface area contributed by atoms with E-state index in [0.29, 0.717) is 5.56 Å². The van der Waals surface area contributed by atoms with Gasteiger partial charge >= 0.3 is 6.16 Å². The minimum absolute atomic E-state index is 0.0110. The molecule has 1 amide bonds. The van der Waals surface area contributed by atoms with Crippen LogP contribution in [0.3, 0.4) is 0 Å². The fourth-order valence-corrected chi connectivity index (χ4v) is 2.12. The number of nitrogens with one attached hydrogen (secondary N) is 2. The second kappa shape index (κ2) is 9.11. The molecule has 0 saturated carbocycles. The second-order valence-corrected chi connectivity index (χ2v) is 6.46. The van der Waals surface area contributed by atoms with Gasteiger partial charge in [-0.3, -0.25) is 4.79 Å². The third-order valence-corrected chi connectivity index (χ3v) is 4.10. The molecule has 0 aliphatic heterocycles. The Kier molecular flexibility index (Phi) is 7.49. The van der Waals surface area contributed by atoms with Crippen molar-refractivity contribution in [3.05, 3.63) is 29.8 Å². The van der Waals surface area contributed by atoms with E-state index in [1.54, 1.807) is 6.92 Å². The molecule has 0 aromatic heterocycles. The van der Waals surface area contributed by atoms with Gasteiger partial charge in [-0.05, 0) is 38.1 Å². The molecule has 0 fully saturated rings. The lowest BCUT2D eigenvalue weighted by molar-refractivity contribution is 0.0954. The second-order valence-electron chi connectivity index (χ2n) is 4.36. The fraction of sp³-hybridized carbons (Fsp3) is 0.429. The SMILES string of the molecule is CCOC(=O)Oc1ccc(C(=O)NCCNS(=O)(=O)CC)cc1. The maximum atomic E-state index is 11.9. The van der Waals surface area contributed by atoms with E-state index in [9.17, 15) is 18.0 Å². The number of benzene rings is 1. The van der Waals surface area contributed by atoms with Crippen LogP contribution in [0.5, 0.6) is 5.75 Å². The van der Waals surface area contributed by atoms with Gasteiger partial charge in [-0.25, -0.2) is 17.9 Å². The van der Waals surface area contributed by atoms with Gasteiger partial charge in [0.2, 0.25) is 10.0 Å². The van der Waals surface area contributed by atoms with Crippen molar-refractivity contribution in [1.29, 1.82) is 0 Å². The van der Waals surface area contributed by atoms with E-state index in [0.717, 1.165) is 0 Å². The molecule has 2 N–H and O–H groups in total. The standard InChI is InChI=1S/C14H20N2O6S/c1-3-21-14(18)22-12-7-5-11(6-8-12)13(17)15-9-10-16-23(19,20)4-2/h5-8,16H,3-4,9-10H2,1-2H3,(H,15,17). The van der Waals surface area contributed by atoms with Gasteiger partial charge in [0.15, 0.2) is 0 Å². The van der Waals surface area contributed by atoms with E-state index < -0.39 is 16.2 Å². The van der Waals surface area contributed by atoms with Crippen molar-refractivity contribution < 1.29 is 27.5 Å². The number of hydrogen-bond acceptors (Lipinski definition) is 6. The van der Waals surface area contributed by atoms with Gasteiger partial charge in [0, 0.05) is 18.7 Å². The Morgan fingerprint density at radius 1 is 1.09 bits per heavy atom. The van der Waals surface area contributed by atoms with E-state index >= 15 is 0 Å². The van der Waals surface area contributed by atoms with Gasteiger partial charge in [-0.2, -0.15) is 0 Å². The van der Waals surface area contributed by atoms with Crippen LogP contribution in [0.4, 0.5) is 4.79 Å². The zero-order chi connectivity index (χ0) is 17.3. The molecular formula is C14H20N2O6S. The average Bonchev–Trinajstić information content (AvgIpc) is 2.52. The highest BCUT2D eigenvalue weighted by atomic mass is 32.2. The minimum atomic E-state index is -3.27. The summed E-state index contributed by atoms with van der Waals surface area (Å²) >= 11 is 0. The lowest BCUT2D eigenvalue weighted by Gasteiger charge is -2.07. The Bertz CT molecular complexity index is 627. The first kappa shape index (κ1) is 18.9. The van der Waals surface area contributed by atoms with Crippen LogP contribution in [0.25, 0.3) is 0 Å². The van der Waals surface area contributed by atoms with Crippen LogP contribution in [0.1, 0.15) is 24.2 Å². The van der Waals surface area contributed by atoms with Crippen molar-refractivity contribution in [3.63, 3.8) is 0 Å². The number of hydrogen-bond donors (Lipinski definition) is 2. The molecule has 0 aliphatic rings. The van der Waals surface area contributed by atoms with Crippen LogP contribution < -0.4 is 14.8 Å². The number of sulfonamides is 1. The Morgan fingerprint density at radius 2 is 1.74 bits per heavy atom. The van der Waals surface area contributed by atoms with Crippen LogP contribution >= 0.6 is 0 Å². The first-order chi connectivity index (χ1) is 10.9. The van der Waals surface area contributed by atoms with E-state index in [-0.39, 0.29) is 37.1 Å². The molecule has 0 heterocycles. The van der Waals surface area contributed by atoms with Gasteiger partial charge in [-0.1, -0.05) is 0 Å². The summed E-state index contributed by atoms with van der Waals surface area (Å²) in [7, 11) is -3.27. The van der Waals surface area contributed by atoms with Crippen molar-refractivity contribution in [2.45, 2.75) is 13.8 Å². The Morgan fingerprint density at radius 3 is 2.30 bits per heavy atom. The third-order valence-electron chi connectivity index (χ3n) is 2.69. The summed E-state index contributed by atoms with van der Waals surface area (Å²) < 4.78 is 34.3. The summed E-state index contributed by atoms with van der Waals surface area (Å²) in [5.74, 6) is -0.109. The van der Waals surface area contributed by atoms with Crippen molar-refractivity contribution in [2.75, 3.05) is 25.4 Å².